The zero-order valence-corrected chi connectivity index (χ0v) is 16.4. The van der Waals surface area contributed by atoms with Crippen LogP contribution in [0.25, 0.3) is 5.76 Å². The van der Waals surface area contributed by atoms with Crippen LogP contribution in [0.5, 0.6) is 0 Å². The molecule has 4 nitrogen and oxygen atoms in total. The number of halogens is 2. The number of carbonyl (C=O) groups is 2. The summed E-state index contributed by atoms with van der Waals surface area (Å²) in [4.78, 5) is 26.0. The summed E-state index contributed by atoms with van der Waals surface area (Å²) in [6, 6.07) is 13.9. The Kier molecular flexibility index (Phi) is 4.78. The van der Waals surface area contributed by atoms with E-state index >= 15 is 0 Å². The molecule has 24 heavy (non-hydrogen) atoms. The summed E-state index contributed by atoms with van der Waals surface area (Å²) in [5, 5.41) is 10.7. The van der Waals surface area contributed by atoms with Crippen LogP contribution >= 0.6 is 38.5 Å². The molecule has 2 aromatic rings. The summed E-state index contributed by atoms with van der Waals surface area (Å²) in [5.74, 6) is -1.44. The fraction of sp³-hybridized carbons (Fsp3) is 0.111. The Labute approximate surface area is 161 Å². The molecule has 3 rings (SSSR count). The van der Waals surface area contributed by atoms with Crippen molar-refractivity contribution in [3.63, 3.8) is 0 Å². The molecule has 1 heterocycles. The highest BCUT2D eigenvalue weighted by molar-refractivity contribution is 14.1. The summed E-state index contributed by atoms with van der Waals surface area (Å²) in [6.07, 6.45) is 0. The molecule has 0 saturated carbocycles. The number of hydrogen-bond donors (Lipinski definition) is 1. The van der Waals surface area contributed by atoms with E-state index in [1.54, 1.807) is 31.3 Å². The first-order valence-corrected chi connectivity index (χ1v) is 9.03. The third kappa shape index (κ3) is 3.00. The van der Waals surface area contributed by atoms with Gasteiger partial charge in [0.05, 0.1) is 11.6 Å². The van der Waals surface area contributed by atoms with Gasteiger partial charge in [-0.1, -0.05) is 40.2 Å². The number of rotatable bonds is 2. The van der Waals surface area contributed by atoms with Gasteiger partial charge in [-0.3, -0.25) is 9.59 Å². The first-order chi connectivity index (χ1) is 11.4. The van der Waals surface area contributed by atoms with E-state index < -0.39 is 17.7 Å². The number of hydrogen-bond acceptors (Lipinski definition) is 3. The van der Waals surface area contributed by atoms with Crippen LogP contribution in [0.15, 0.2) is 58.6 Å². The first kappa shape index (κ1) is 17.2. The van der Waals surface area contributed by atoms with Gasteiger partial charge in [0.15, 0.2) is 0 Å². The van der Waals surface area contributed by atoms with Crippen molar-refractivity contribution in [1.29, 1.82) is 0 Å². The smallest absolute Gasteiger partial charge is 0.295 e. The van der Waals surface area contributed by atoms with Crippen LogP contribution in [0, 0.1) is 3.57 Å². The van der Waals surface area contributed by atoms with E-state index in [2.05, 4.69) is 38.5 Å². The number of aliphatic hydroxyl groups is 1. The van der Waals surface area contributed by atoms with Crippen molar-refractivity contribution in [2.45, 2.75) is 6.04 Å². The van der Waals surface area contributed by atoms with Crippen LogP contribution in [0.2, 0.25) is 0 Å². The second-order valence-corrected chi connectivity index (χ2v) is 7.63. The minimum absolute atomic E-state index is 0.117. The lowest BCUT2D eigenvalue weighted by atomic mass is 9.95. The van der Waals surface area contributed by atoms with E-state index in [0.29, 0.717) is 5.56 Å². The summed E-state index contributed by atoms with van der Waals surface area (Å²) in [6.45, 7) is 0. The number of likely N-dealkylation sites (N-methyl/N-ethyl adjacent to an activating group) is 1. The van der Waals surface area contributed by atoms with Gasteiger partial charge in [-0.2, -0.15) is 0 Å². The zero-order chi connectivity index (χ0) is 17.4. The van der Waals surface area contributed by atoms with Crippen molar-refractivity contribution >= 4 is 56.0 Å². The Morgan fingerprint density at radius 2 is 1.67 bits per heavy atom. The Bertz CT molecular complexity index is 844. The fourth-order valence-corrected chi connectivity index (χ4v) is 3.37. The molecule has 122 valence electrons. The SMILES string of the molecule is CN1C(=O)C(=O)/C(=C(\O)c2ccc(Br)cc2)C1c1ccc(I)cc1. The highest BCUT2D eigenvalue weighted by atomic mass is 127. The maximum absolute atomic E-state index is 12.4. The van der Waals surface area contributed by atoms with Gasteiger partial charge in [0.25, 0.3) is 11.7 Å². The molecule has 1 atom stereocenters. The van der Waals surface area contributed by atoms with Crippen LogP contribution in [0.3, 0.4) is 0 Å². The van der Waals surface area contributed by atoms with Crippen LogP contribution in [-0.2, 0) is 9.59 Å². The molecule has 1 amide bonds. The number of carbonyl (C=O) groups excluding carboxylic acids is 2. The molecule has 0 aromatic heterocycles. The summed E-state index contributed by atoms with van der Waals surface area (Å²) < 4.78 is 1.92. The second-order valence-electron chi connectivity index (χ2n) is 5.47. The van der Waals surface area contributed by atoms with Crippen molar-refractivity contribution in [3.05, 3.63) is 73.3 Å². The van der Waals surface area contributed by atoms with Gasteiger partial charge in [-0.05, 0) is 52.4 Å². The number of nitrogens with zero attached hydrogens (tertiary/aromatic N) is 1. The minimum Gasteiger partial charge on any atom is -0.507 e. The molecule has 2 aromatic carbocycles. The number of Topliss-reactive ketones (excluding diaryl/α,β-unsaturated/α-hetero) is 1. The van der Waals surface area contributed by atoms with Gasteiger partial charge >= 0.3 is 0 Å². The zero-order valence-electron chi connectivity index (χ0n) is 12.7. The van der Waals surface area contributed by atoms with Gasteiger partial charge in [-0.15, -0.1) is 0 Å². The fourth-order valence-electron chi connectivity index (χ4n) is 2.75. The third-order valence-corrected chi connectivity index (χ3v) is 5.23. The maximum Gasteiger partial charge on any atom is 0.295 e. The van der Waals surface area contributed by atoms with Gasteiger partial charge in [0.2, 0.25) is 0 Å². The van der Waals surface area contributed by atoms with E-state index in [9.17, 15) is 14.7 Å². The topological polar surface area (TPSA) is 57.6 Å². The van der Waals surface area contributed by atoms with E-state index in [1.165, 1.54) is 4.90 Å². The summed E-state index contributed by atoms with van der Waals surface area (Å²) in [7, 11) is 1.57. The number of amides is 1. The molecule has 1 fully saturated rings. The summed E-state index contributed by atoms with van der Waals surface area (Å²) >= 11 is 5.53. The molecule has 0 spiro atoms. The molecule has 1 N–H and O–H groups in total. The Balaban J connectivity index is 2.16. The monoisotopic (exact) mass is 497 g/mol. The Hall–Kier alpha value is -1.67. The summed E-state index contributed by atoms with van der Waals surface area (Å²) in [5.41, 5.74) is 1.40. The van der Waals surface area contributed by atoms with Crippen molar-refractivity contribution in [3.8, 4) is 0 Å². The van der Waals surface area contributed by atoms with Crippen LogP contribution in [0.1, 0.15) is 17.2 Å². The largest absolute Gasteiger partial charge is 0.507 e. The lowest BCUT2D eigenvalue weighted by molar-refractivity contribution is -0.139. The Morgan fingerprint density at radius 1 is 1.08 bits per heavy atom. The number of benzene rings is 2. The average molecular weight is 498 g/mol. The van der Waals surface area contributed by atoms with E-state index in [0.717, 1.165) is 13.6 Å². The minimum atomic E-state index is -0.665. The van der Waals surface area contributed by atoms with Crippen molar-refractivity contribution in [2.24, 2.45) is 0 Å². The number of likely N-dealkylation sites (tertiary alicyclic amines) is 1. The van der Waals surface area contributed by atoms with Crippen molar-refractivity contribution in [1.82, 2.24) is 4.90 Å². The number of aliphatic hydroxyl groups excluding tert-OH is 1. The molecule has 0 radical (unpaired) electrons. The molecular formula is C18H13BrINO3. The molecule has 0 bridgehead atoms. The molecule has 1 aliphatic heterocycles. The third-order valence-electron chi connectivity index (χ3n) is 3.98. The highest BCUT2D eigenvalue weighted by Crippen LogP contribution is 2.38. The molecule has 6 heteroatoms. The van der Waals surface area contributed by atoms with Crippen LogP contribution in [-0.4, -0.2) is 28.7 Å². The molecule has 1 aliphatic rings. The predicted octanol–water partition coefficient (Wildman–Crippen LogP) is 4.11. The quantitative estimate of drug-likeness (QED) is 0.294. The van der Waals surface area contributed by atoms with Crippen molar-refractivity contribution < 1.29 is 14.7 Å². The molecular weight excluding hydrogens is 485 g/mol. The first-order valence-electron chi connectivity index (χ1n) is 7.16. The van der Waals surface area contributed by atoms with E-state index in [4.69, 9.17) is 0 Å². The van der Waals surface area contributed by atoms with Crippen LogP contribution < -0.4 is 0 Å². The van der Waals surface area contributed by atoms with Gasteiger partial charge in [-0.25, -0.2) is 0 Å². The maximum atomic E-state index is 12.4. The standard InChI is InChI=1S/C18H13BrINO3/c1-21-15(10-4-8-13(20)9-5-10)14(17(23)18(21)24)16(22)11-2-6-12(19)7-3-11/h2-9,15,22H,1H3/b16-14-. The highest BCUT2D eigenvalue weighted by Gasteiger charge is 2.44. The normalized spacial score (nSPS) is 19.8. The molecule has 0 aliphatic carbocycles. The van der Waals surface area contributed by atoms with Crippen molar-refractivity contribution in [2.75, 3.05) is 7.05 Å². The second kappa shape index (κ2) is 6.68. The van der Waals surface area contributed by atoms with Gasteiger partial charge in [0.1, 0.15) is 5.76 Å². The van der Waals surface area contributed by atoms with E-state index in [-0.39, 0.29) is 11.3 Å². The lowest BCUT2D eigenvalue weighted by Crippen LogP contribution is -2.24. The molecule has 1 unspecified atom stereocenters. The van der Waals surface area contributed by atoms with Crippen LogP contribution in [0.4, 0.5) is 0 Å². The number of ketones is 1. The lowest BCUT2D eigenvalue weighted by Gasteiger charge is -2.21. The van der Waals surface area contributed by atoms with E-state index in [1.807, 2.05) is 24.3 Å². The average Bonchev–Trinajstić information content (AvgIpc) is 2.80. The van der Waals surface area contributed by atoms with Gasteiger partial charge in [0, 0.05) is 20.7 Å². The van der Waals surface area contributed by atoms with Gasteiger partial charge < -0.3 is 10.0 Å². The Morgan fingerprint density at radius 3 is 2.25 bits per heavy atom. The predicted molar refractivity (Wildman–Crippen MR) is 103 cm³/mol. The molecule has 1 saturated heterocycles.